The zero-order valence-electron chi connectivity index (χ0n) is 8.83. The van der Waals surface area contributed by atoms with E-state index in [4.69, 9.17) is 27.4 Å². The molecule has 1 aromatic heterocycles. The molecule has 0 saturated carbocycles. The number of anilines is 1. The third kappa shape index (κ3) is 2.16. The number of nitrogen functional groups attached to an aromatic ring is 1. The van der Waals surface area contributed by atoms with Crippen LogP contribution in [0, 0.1) is 4.77 Å². The Labute approximate surface area is 96.8 Å². The van der Waals surface area contributed by atoms with Crippen molar-refractivity contribution in [1.82, 2.24) is 9.97 Å². The van der Waals surface area contributed by atoms with E-state index in [1.165, 1.54) is 0 Å². The molecule has 0 unspecified atom stereocenters. The van der Waals surface area contributed by atoms with E-state index in [1.54, 1.807) is 6.92 Å². The summed E-state index contributed by atoms with van der Waals surface area (Å²) in [5.41, 5.74) is 5.80. The van der Waals surface area contributed by atoms with Crippen LogP contribution in [0.25, 0.3) is 0 Å². The van der Waals surface area contributed by atoms with Crippen LogP contribution in [0.5, 0.6) is 0 Å². The Balaban J connectivity index is 2.35. The fourth-order valence-electron chi connectivity index (χ4n) is 1.69. The predicted octanol–water partition coefficient (Wildman–Crippen LogP) is 0.320. The SMILES string of the molecule is CC1(Cc2c(N)[nH]c(=S)[nH]c2=O)OCCO1. The summed E-state index contributed by atoms with van der Waals surface area (Å²) in [6.07, 6.45) is 0.292. The molecule has 1 aliphatic rings. The van der Waals surface area contributed by atoms with Crippen LogP contribution < -0.4 is 11.3 Å². The van der Waals surface area contributed by atoms with Crippen molar-refractivity contribution in [2.45, 2.75) is 19.1 Å². The van der Waals surface area contributed by atoms with Crippen LogP contribution in [0.1, 0.15) is 12.5 Å². The highest BCUT2D eigenvalue weighted by atomic mass is 32.1. The highest BCUT2D eigenvalue weighted by Crippen LogP contribution is 2.23. The van der Waals surface area contributed by atoms with Gasteiger partial charge in [-0.2, -0.15) is 0 Å². The van der Waals surface area contributed by atoms with Crippen LogP contribution >= 0.6 is 12.2 Å². The van der Waals surface area contributed by atoms with Gasteiger partial charge in [0.25, 0.3) is 5.56 Å². The van der Waals surface area contributed by atoms with Gasteiger partial charge in [-0.1, -0.05) is 0 Å². The molecule has 0 aliphatic carbocycles. The molecule has 16 heavy (non-hydrogen) atoms. The Kier molecular flexibility index (Phi) is 2.83. The van der Waals surface area contributed by atoms with Gasteiger partial charge in [-0.15, -0.1) is 0 Å². The summed E-state index contributed by atoms with van der Waals surface area (Å²) in [5, 5.41) is 0. The molecule has 7 heteroatoms. The van der Waals surface area contributed by atoms with Gasteiger partial charge < -0.3 is 20.2 Å². The third-order valence-electron chi connectivity index (χ3n) is 2.47. The third-order valence-corrected chi connectivity index (χ3v) is 2.67. The van der Waals surface area contributed by atoms with Crippen LogP contribution in [-0.2, 0) is 15.9 Å². The number of rotatable bonds is 2. The Morgan fingerprint density at radius 3 is 2.62 bits per heavy atom. The highest BCUT2D eigenvalue weighted by Gasteiger charge is 2.32. The molecule has 2 heterocycles. The molecule has 0 aromatic carbocycles. The van der Waals surface area contributed by atoms with Crippen molar-refractivity contribution >= 4 is 18.0 Å². The summed E-state index contributed by atoms with van der Waals surface area (Å²) in [5.74, 6) is -0.521. The van der Waals surface area contributed by atoms with Crippen molar-refractivity contribution in [3.05, 3.63) is 20.7 Å². The second kappa shape index (κ2) is 4.00. The Morgan fingerprint density at radius 1 is 1.44 bits per heavy atom. The van der Waals surface area contributed by atoms with Gasteiger partial charge in [0, 0.05) is 6.42 Å². The van der Waals surface area contributed by atoms with E-state index in [9.17, 15) is 4.79 Å². The molecule has 0 amide bonds. The summed E-state index contributed by atoms with van der Waals surface area (Å²) >= 11 is 4.80. The number of aromatic amines is 2. The predicted molar refractivity (Wildman–Crippen MR) is 60.7 cm³/mol. The van der Waals surface area contributed by atoms with Crippen molar-refractivity contribution in [2.24, 2.45) is 0 Å². The first-order chi connectivity index (χ1) is 7.50. The molecule has 0 radical (unpaired) electrons. The molecule has 1 saturated heterocycles. The average molecular weight is 243 g/mol. The molecule has 4 N–H and O–H groups in total. The zero-order chi connectivity index (χ0) is 11.8. The van der Waals surface area contributed by atoms with E-state index in [0.29, 0.717) is 25.2 Å². The summed E-state index contributed by atoms with van der Waals surface area (Å²) in [4.78, 5) is 16.8. The molecule has 0 spiro atoms. The summed E-state index contributed by atoms with van der Waals surface area (Å²) < 4.78 is 11.0. The number of hydrogen-bond acceptors (Lipinski definition) is 5. The van der Waals surface area contributed by atoms with Crippen molar-refractivity contribution < 1.29 is 9.47 Å². The van der Waals surface area contributed by atoms with Crippen molar-refractivity contribution in [3.8, 4) is 0 Å². The van der Waals surface area contributed by atoms with Gasteiger partial charge in [0.1, 0.15) is 5.82 Å². The molecular weight excluding hydrogens is 230 g/mol. The molecule has 1 aromatic rings. The lowest BCUT2D eigenvalue weighted by atomic mass is 10.1. The lowest BCUT2D eigenvalue weighted by Crippen LogP contribution is -2.32. The van der Waals surface area contributed by atoms with Crippen LogP contribution in [0.4, 0.5) is 5.82 Å². The highest BCUT2D eigenvalue weighted by molar-refractivity contribution is 7.71. The van der Waals surface area contributed by atoms with Crippen molar-refractivity contribution in [1.29, 1.82) is 0 Å². The Hall–Kier alpha value is -1.18. The molecule has 88 valence electrons. The minimum atomic E-state index is -0.780. The maximum atomic E-state index is 11.7. The number of nitrogens with two attached hydrogens (primary N) is 1. The maximum absolute atomic E-state index is 11.7. The minimum Gasteiger partial charge on any atom is -0.385 e. The van der Waals surface area contributed by atoms with Crippen LogP contribution in [0.2, 0.25) is 0 Å². The van der Waals surface area contributed by atoms with E-state index < -0.39 is 5.79 Å². The van der Waals surface area contributed by atoms with Crippen molar-refractivity contribution in [3.63, 3.8) is 0 Å². The molecular formula is C9H13N3O3S. The fraction of sp³-hybridized carbons (Fsp3) is 0.556. The number of ether oxygens (including phenoxy) is 2. The fourth-order valence-corrected chi connectivity index (χ4v) is 1.89. The van der Waals surface area contributed by atoms with E-state index in [0.717, 1.165) is 0 Å². The largest absolute Gasteiger partial charge is 0.385 e. The zero-order valence-corrected chi connectivity index (χ0v) is 9.65. The minimum absolute atomic E-state index is 0.213. The van der Waals surface area contributed by atoms with E-state index >= 15 is 0 Å². The molecule has 6 nitrogen and oxygen atoms in total. The molecule has 2 rings (SSSR count). The monoisotopic (exact) mass is 243 g/mol. The van der Waals surface area contributed by atoms with E-state index in [2.05, 4.69) is 9.97 Å². The second-order valence-electron chi connectivity index (χ2n) is 3.81. The first-order valence-electron chi connectivity index (χ1n) is 4.89. The van der Waals surface area contributed by atoms with Gasteiger partial charge in [-0.05, 0) is 19.1 Å². The second-order valence-corrected chi connectivity index (χ2v) is 4.22. The number of H-pyrrole nitrogens is 2. The standard InChI is InChI=1S/C9H13N3O3S/c1-9(14-2-3-15-9)4-5-6(10)11-8(16)12-7(5)13/h2-4H2,1H3,(H4,10,11,12,13,16). The first kappa shape index (κ1) is 11.3. The summed E-state index contributed by atoms with van der Waals surface area (Å²) in [6.45, 7) is 2.83. The van der Waals surface area contributed by atoms with Gasteiger partial charge in [0.15, 0.2) is 10.6 Å². The Bertz CT molecular complexity index is 501. The molecule has 0 bridgehead atoms. The van der Waals surface area contributed by atoms with Gasteiger partial charge in [-0.3, -0.25) is 9.78 Å². The van der Waals surface area contributed by atoms with Crippen LogP contribution in [0.3, 0.4) is 0 Å². The normalized spacial score (nSPS) is 18.8. The average Bonchev–Trinajstić information content (AvgIpc) is 2.59. The molecule has 0 atom stereocenters. The summed E-state index contributed by atoms with van der Waals surface area (Å²) in [7, 11) is 0. The van der Waals surface area contributed by atoms with Crippen LogP contribution in [-0.4, -0.2) is 29.0 Å². The topological polar surface area (TPSA) is 93.1 Å². The Morgan fingerprint density at radius 2 is 2.06 bits per heavy atom. The molecule has 1 fully saturated rings. The maximum Gasteiger partial charge on any atom is 0.257 e. The number of hydrogen-bond donors (Lipinski definition) is 3. The van der Waals surface area contributed by atoms with E-state index in [1.807, 2.05) is 0 Å². The smallest absolute Gasteiger partial charge is 0.257 e. The van der Waals surface area contributed by atoms with Gasteiger partial charge in [0.05, 0.1) is 18.8 Å². The molecule has 1 aliphatic heterocycles. The quantitative estimate of drug-likeness (QED) is 0.650. The number of nitrogens with one attached hydrogen (secondary N) is 2. The lowest BCUT2D eigenvalue weighted by Gasteiger charge is -2.22. The lowest BCUT2D eigenvalue weighted by molar-refractivity contribution is -0.140. The van der Waals surface area contributed by atoms with Crippen LogP contribution in [0.15, 0.2) is 4.79 Å². The van der Waals surface area contributed by atoms with Gasteiger partial charge >= 0.3 is 0 Å². The van der Waals surface area contributed by atoms with E-state index in [-0.39, 0.29) is 16.1 Å². The van der Waals surface area contributed by atoms with Gasteiger partial charge in [-0.25, -0.2) is 0 Å². The first-order valence-corrected chi connectivity index (χ1v) is 5.30. The number of aromatic nitrogens is 2. The van der Waals surface area contributed by atoms with Crippen molar-refractivity contribution in [2.75, 3.05) is 18.9 Å². The van der Waals surface area contributed by atoms with Gasteiger partial charge in [0.2, 0.25) is 0 Å². The summed E-state index contributed by atoms with van der Waals surface area (Å²) in [6, 6.07) is 0.